The molecule has 1 amide bonds. The largest absolute Gasteiger partial charge is 0.504 e. The van der Waals surface area contributed by atoms with E-state index in [4.69, 9.17) is 28.6 Å². The molecule has 3 rings (SSSR count). The zero-order chi connectivity index (χ0) is 17.3. The van der Waals surface area contributed by atoms with Gasteiger partial charge < -0.3 is 9.84 Å². The van der Waals surface area contributed by atoms with E-state index < -0.39 is 0 Å². The fourth-order valence-electron chi connectivity index (χ4n) is 2.22. The molecule has 1 saturated heterocycles. The van der Waals surface area contributed by atoms with E-state index >= 15 is 0 Å². The third kappa shape index (κ3) is 3.26. The molecule has 0 aromatic heterocycles. The van der Waals surface area contributed by atoms with Crippen LogP contribution in [-0.4, -0.2) is 22.4 Å². The normalized spacial score (nSPS) is 16.1. The summed E-state index contributed by atoms with van der Waals surface area (Å²) < 4.78 is 5.54. The Kier molecular flexibility index (Phi) is 4.80. The summed E-state index contributed by atoms with van der Waals surface area (Å²) in [5, 5.41) is 10.2. The second kappa shape index (κ2) is 6.84. The van der Waals surface area contributed by atoms with Gasteiger partial charge in [0.15, 0.2) is 15.8 Å². The number of benzene rings is 2. The van der Waals surface area contributed by atoms with Gasteiger partial charge in [0.1, 0.15) is 0 Å². The second-order valence-corrected chi connectivity index (χ2v) is 7.04. The Morgan fingerprint density at radius 3 is 2.62 bits per heavy atom. The van der Waals surface area contributed by atoms with Crippen LogP contribution in [0.25, 0.3) is 6.08 Å². The van der Waals surface area contributed by atoms with Crippen LogP contribution in [0.1, 0.15) is 5.56 Å². The Morgan fingerprint density at radius 2 is 1.96 bits per heavy atom. The molecule has 1 fully saturated rings. The summed E-state index contributed by atoms with van der Waals surface area (Å²) >= 11 is 12.4. The van der Waals surface area contributed by atoms with Crippen LogP contribution in [0.15, 0.2) is 47.4 Å². The molecule has 1 aliphatic rings. The summed E-state index contributed by atoms with van der Waals surface area (Å²) in [6.45, 7) is 0. The summed E-state index contributed by atoms with van der Waals surface area (Å²) in [4.78, 5) is 14.6. The molecule has 2 aromatic carbocycles. The number of carbonyl (C=O) groups excluding carboxylic acids is 1. The van der Waals surface area contributed by atoms with Crippen LogP contribution in [0.2, 0.25) is 5.02 Å². The number of carbonyl (C=O) groups is 1. The zero-order valence-electron chi connectivity index (χ0n) is 12.5. The van der Waals surface area contributed by atoms with E-state index in [9.17, 15) is 9.90 Å². The van der Waals surface area contributed by atoms with Crippen molar-refractivity contribution in [2.75, 3.05) is 12.0 Å². The summed E-state index contributed by atoms with van der Waals surface area (Å²) in [6, 6.07) is 11.8. The van der Waals surface area contributed by atoms with Gasteiger partial charge in [-0.05, 0) is 48.0 Å². The van der Waals surface area contributed by atoms with Crippen LogP contribution in [0, 0.1) is 0 Å². The lowest BCUT2D eigenvalue weighted by Crippen LogP contribution is -2.27. The number of nitrogens with zero attached hydrogens (tertiary/aromatic N) is 1. The van der Waals surface area contributed by atoms with Crippen LogP contribution in [-0.2, 0) is 4.79 Å². The first kappa shape index (κ1) is 16.8. The number of aromatic hydroxyl groups is 1. The Balaban J connectivity index is 1.92. The SMILES string of the molecule is COc1cc(/C=C2/SC(=S)N(c3ccc(Cl)cc3)C2=O)ccc1O. The van der Waals surface area contributed by atoms with Crippen molar-refractivity contribution in [1.82, 2.24) is 0 Å². The van der Waals surface area contributed by atoms with Crippen molar-refractivity contribution >= 4 is 57.6 Å². The predicted molar refractivity (Wildman–Crippen MR) is 102 cm³/mol. The number of methoxy groups -OCH3 is 1. The molecule has 0 spiro atoms. The van der Waals surface area contributed by atoms with E-state index in [-0.39, 0.29) is 11.7 Å². The monoisotopic (exact) mass is 377 g/mol. The van der Waals surface area contributed by atoms with Gasteiger partial charge in [0.05, 0.1) is 17.7 Å². The molecule has 1 aliphatic heterocycles. The second-order valence-electron chi connectivity index (χ2n) is 4.92. The topological polar surface area (TPSA) is 49.8 Å². The van der Waals surface area contributed by atoms with E-state index in [1.807, 2.05) is 0 Å². The number of amides is 1. The van der Waals surface area contributed by atoms with Crippen LogP contribution < -0.4 is 9.64 Å². The molecule has 1 heterocycles. The highest BCUT2D eigenvalue weighted by Gasteiger charge is 2.33. The minimum Gasteiger partial charge on any atom is -0.504 e. The summed E-state index contributed by atoms with van der Waals surface area (Å²) in [7, 11) is 1.47. The molecule has 4 nitrogen and oxygen atoms in total. The number of phenols is 1. The molecule has 0 atom stereocenters. The van der Waals surface area contributed by atoms with Crippen molar-refractivity contribution in [2.45, 2.75) is 0 Å². The van der Waals surface area contributed by atoms with Gasteiger partial charge in [-0.1, -0.05) is 41.6 Å². The standard InChI is InChI=1S/C17H12ClNO3S2/c1-22-14-8-10(2-7-13(14)20)9-15-16(21)19(17(23)24-15)12-5-3-11(18)4-6-12/h2-9,20H,1H3/b15-9+. The number of phenolic OH excluding ortho intramolecular Hbond substituents is 1. The maximum absolute atomic E-state index is 12.7. The summed E-state index contributed by atoms with van der Waals surface area (Å²) in [5.74, 6) is 0.194. The fourth-order valence-corrected chi connectivity index (χ4v) is 3.64. The van der Waals surface area contributed by atoms with Crippen molar-refractivity contribution in [3.8, 4) is 11.5 Å². The van der Waals surface area contributed by atoms with E-state index in [0.29, 0.717) is 25.7 Å². The number of rotatable bonds is 3. The molecule has 1 N–H and O–H groups in total. The van der Waals surface area contributed by atoms with Gasteiger partial charge in [0.2, 0.25) is 0 Å². The average Bonchev–Trinajstić information content (AvgIpc) is 2.84. The molecular formula is C17H12ClNO3S2. The van der Waals surface area contributed by atoms with Gasteiger partial charge >= 0.3 is 0 Å². The summed E-state index contributed by atoms with van der Waals surface area (Å²) in [6.07, 6.45) is 1.72. The third-order valence-electron chi connectivity index (χ3n) is 3.38. The minimum absolute atomic E-state index is 0.0448. The molecule has 0 bridgehead atoms. The number of thioether (sulfide) groups is 1. The first-order valence-corrected chi connectivity index (χ1v) is 8.50. The number of halogens is 1. The third-order valence-corrected chi connectivity index (χ3v) is 4.93. The average molecular weight is 378 g/mol. The molecule has 24 heavy (non-hydrogen) atoms. The molecule has 0 unspecified atom stereocenters. The lowest BCUT2D eigenvalue weighted by molar-refractivity contribution is -0.113. The van der Waals surface area contributed by atoms with Crippen molar-refractivity contribution < 1.29 is 14.6 Å². The van der Waals surface area contributed by atoms with Gasteiger partial charge in [-0.25, -0.2) is 0 Å². The smallest absolute Gasteiger partial charge is 0.270 e. The lowest BCUT2D eigenvalue weighted by atomic mass is 10.2. The Morgan fingerprint density at radius 1 is 1.25 bits per heavy atom. The van der Waals surface area contributed by atoms with Crippen LogP contribution >= 0.6 is 35.6 Å². The Hall–Kier alpha value is -2.02. The molecule has 7 heteroatoms. The molecule has 0 aliphatic carbocycles. The van der Waals surface area contributed by atoms with Crippen molar-refractivity contribution in [3.05, 3.63) is 58.0 Å². The predicted octanol–water partition coefficient (Wildman–Crippen LogP) is 4.46. The van der Waals surface area contributed by atoms with Crippen molar-refractivity contribution in [3.63, 3.8) is 0 Å². The van der Waals surface area contributed by atoms with E-state index in [1.165, 1.54) is 29.8 Å². The molecule has 2 aromatic rings. The molecular weight excluding hydrogens is 366 g/mol. The Labute approximate surface area is 153 Å². The van der Waals surface area contributed by atoms with Gasteiger partial charge in [0.25, 0.3) is 5.91 Å². The maximum Gasteiger partial charge on any atom is 0.270 e. The highest BCUT2D eigenvalue weighted by Crippen LogP contribution is 2.37. The number of anilines is 1. The molecule has 0 saturated carbocycles. The van der Waals surface area contributed by atoms with Gasteiger partial charge in [-0.15, -0.1) is 0 Å². The van der Waals surface area contributed by atoms with Crippen molar-refractivity contribution in [1.29, 1.82) is 0 Å². The van der Waals surface area contributed by atoms with Crippen molar-refractivity contribution in [2.24, 2.45) is 0 Å². The quantitative estimate of drug-likeness (QED) is 0.632. The van der Waals surface area contributed by atoms with E-state index in [2.05, 4.69) is 0 Å². The van der Waals surface area contributed by atoms with Gasteiger partial charge in [-0.3, -0.25) is 9.69 Å². The molecule has 122 valence electrons. The van der Waals surface area contributed by atoms with Gasteiger partial charge in [0, 0.05) is 5.02 Å². The summed E-state index contributed by atoms with van der Waals surface area (Å²) in [5.41, 5.74) is 1.41. The fraction of sp³-hybridized carbons (Fsp3) is 0.0588. The van der Waals surface area contributed by atoms with Crippen LogP contribution in [0.4, 0.5) is 5.69 Å². The highest BCUT2D eigenvalue weighted by atomic mass is 35.5. The minimum atomic E-state index is -0.195. The zero-order valence-corrected chi connectivity index (χ0v) is 14.9. The van der Waals surface area contributed by atoms with Gasteiger partial charge in [-0.2, -0.15) is 0 Å². The number of hydrogen-bond acceptors (Lipinski definition) is 5. The highest BCUT2D eigenvalue weighted by molar-refractivity contribution is 8.27. The maximum atomic E-state index is 12.7. The first-order chi connectivity index (χ1) is 11.5. The number of ether oxygens (including phenoxy) is 1. The van der Waals surface area contributed by atoms with E-state index in [1.54, 1.807) is 42.5 Å². The Bertz CT molecular complexity index is 849. The number of hydrogen-bond donors (Lipinski definition) is 1. The van der Waals surface area contributed by atoms with Crippen LogP contribution in [0.5, 0.6) is 11.5 Å². The lowest BCUT2D eigenvalue weighted by Gasteiger charge is -2.14. The first-order valence-electron chi connectivity index (χ1n) is 6.90. The molecule has 0 radical (unpaired) electrons. The number of thiocarbonyl (C=S) groups is 1. The van der Waals surface area contributed by atoms with E-state index in [0.717, 1.165) is 5.56 Å². The van der Waals surface area contributed by atoms with Crippen LogP contribution in [0.3, 0.4) is 0 Å².